The van der Waals surface area contributed by atoms with Crippen LogP contribution < -0.4 is 10.5 Å². The third kappa shape index (κ3) is 4.26. The molecule has 0 saturated carbocycles. The Labute approximate surface area is 116 Å². The predicted octanol–water partition coefficient (Wildman–Crippen LogP) is 4.01. The van der Waals surface area contributed by atoms with Crippen LogP contribution in [-0.2, 0) is 0 Å². The van der Waals surface area contributed by atoms with Gasteiger partial charge in [0.05, 0.1) is 27.7 Å². The molecule has 0 fully saturated rings. The zero-order valence-electron chi connectivity index (χ0n) is 9.51. The zero-order valence-corrected chi connectivity index (χ0v) is 11.8. The van der Waals surface area contributed by atoms with Crippen molar-refractivity contribution in [3.8, 4) is 5.75 Å². The minimum absolute atomic E-state index is 0.0101. The monoisotopic (exact) mass is 294 g/mol. The molecule has 1 aromatic rings. The molecule has 0 spiro atoms. The number of nitrogens with zero attached hydrogens (tertiary/aromatic N) is 1. The lowest BCUT2D eigenvalue weighted by molar-refractivity contribution is 0.242. The molecular formula is C11H13Cl3N2O. The van der Waals surface area contributed by atoms with E-state index in [0.29, 0.717) is 21.5 Å². The Kier molecular flexibility index (Phi) is 5.37. The summed E-state index contributed by atoms with van der Waals surface area (Å²) < 4.78 is 5.52. The highest BCUT2D eigenvalue weighted by Gasteiger charge is 2.09. The van der Waals surface area contributed by atoms with Crippen LogP contribution in [0.2, 0.25) is 10.0 Å². The number of hydrogen-bond acceptors (Lipinski definition) is 2. The molecule has 0 aromatic heterocycles. The average molecular weight is 296 g/mol. The summed E-state index contributed by atoms with van der Waals surface area (Å²) in [6.45, 7) is 3.81. The van der Waals surface area contributed by atoms with Gasteiger partial charge in [-0.15, -0.1) is 11.6 Å². The van der Waals surface area contributed by atoms with Crippen LogP contribution in [0.3, 0.4) is 0 Å². The van der Waals surface area contributed by atoms with E-state index in [1.165, 1.54) is 0 Å². The molecule has 0 amide bonds. The summed E-state index contributed by atoms with van der Waals surface area (Å²) in [7, 11) is 0. The number of benzene rings is 1. The Balaban J connectivity index is 3.14. The standard InChI is InChI=1S/C11H13Cl3N2O/c1-6(2)17-10-4-9(16-11(15)5-12)7(13)3-8(10)14/h3-4,6H,5H2,1-2H3,(H2,15,16). The number of aliphatic imine (C=N–C) groups is 1. The first-order chi connectivity index (χ1) is 7.93. The molecule has 0 bridgehead atoms. The Bertz CT molecular complexity index is 433. The number of ether oxygens (including phenoxy) is 1. The van der Waals surface area contributed by atoms with Crippen LogP contribution in [0.1, 0.15) is 13.8 Å². The molecule has 2 N–H and O–H groups in total. The fraction of sp³-hybridized carbons (Fsp3) is 0.364. The van der Waals surface area contributed by atoms with Gasteiger partial charge in [-0.1, -0.05) is 23.2 Å². The van der Waals surface area contributed by atoms with Gasteiger partial charge in [-0.25, -0.2) is 4.99 Å². The number of hydrogen-bond donors (Lipinski definition) is 1. The van der Waals surface area contributed by atoms with E-state index in [9.17, 15) is 0 Å². The molecule has 0 aliphatic heterocycles. The van der Waals surface area contributed by atoms with E-state index in [1.807, 2.05) is 13.8 Å². The largest absolute Gasteiger partial charge is 0.489 e. The van der Waals surface area contributed by atoms with Gasteiger partial charge in [0.25, 0.3) is 0 Å². The normalized spacial score (nSPS) is 12.0. The first-order valence-corrected chi connectivity index (χ1v) is 6.27. The molecule has 0 aliphatic carbocycles. The van der Waals surface area contributed by atoms with Crippen LogP contribution in [0, 0.1) is 0 Å². The highest BCUT2D eigenvalue weighted by molar-refractivity contribution is 6.37. The Hall–Kier alpha value is -0.640. The number of alkyl halides is 1. The Morgan fingerprint density at radius 2 is 2.00 bits per heavy atom. The van der Waals surface area contributed by atoms with Crippen molar-refractivity contribution in [1.29, 1.82) is 0 Å². The first kappa shape index (κ1) is 14.4. The van der Waals surface area contributed by atoms with Crippen LogP contribution in [0.4, 0.5) is 5.69 Å². The summed E-state index contributed by atoms with van der Waals surface area (Å²) in [5.41, 5.74) is 6.04. The second-order valence-corrected chi connectivity index (χ2v) is 4.72. The minimum atomic E-state index is 0.0101. The molecule has 0 aliphatic rings. The fourth-order valence-electron chi connectivity index (χ4n) is 1.13. The van der Waals surface area contributed by atoms with E-state index in [2.05, 4.69) is 4.99 Å². The maximum atomic E-state index is 6.00. The third-order valence-electron chi connectivity index (χ3n) is 1.76. The lowest BCUT2D eigenvalue weighted by Crippen LogP contribution is -2.12. The lowest BCUT2D eigenvalue weighted by atomic mass is 10.3. The van der Waals surface area contributed by atoms with E-state index in [-0.39, 0.29) is 17.8 Å². The van der Waals surface area contributed by atoms with Gasteiger partial charge in [0.15, 0.2) is 0 Å². The number of nitrogens with two attached hydrogens (primary N) is 1. The van der Waals surface area contributed by atoms with Crippen molar-refractivity contribution in [3.63, 3.8) is 0 Å². The summed E-state index contributed by atoms with van der Waals surface area (Å²) >= 11 is 17.5. The fourth-order valence-corrected chi connectivity index (χ4v) is 1.66. The first-order valence-electron chi connectivity index (χ1n) is 4.98. The van der Waals surface area contributed by atoms with Crippen molar-refractivity contribution >= 4 is 46.3 Å². The van der Waals surface area contributed by atoms with E-state index in [4.69, 9.17) is 45.3 Å². The summed E-state index contributed by atoms with van der Waals surface area (Å²) in [5.74, 6) is 0.942. The highest BCUT2D eigenvalue weighted by Crippen LogP contribution is 2.36. The van der Waals surface area contributed by atoms with Crippen LogP contribution in [0.15, 0.2) is 17.1 Å². The van der Waals surface area contributed by atoms with Crippen LogP contribution in [0.5, 0.6) is 5.75 Å². The Morgan fingerprint density at radius 1 is 1.35 bits per heavy atom. The van der Waals surface area contributed by atoms with Gasteiger partial charge in [-0.05, 0) is 19.9 Å². The quantitative estimate of drug-likeness (QED) is 0.518. The minimum Gasteiger partial charge on any atom is -0.489 e. The summed E-state index contributed by atoms with van der Waals surface area (Å²) in [6.07, 6.45) is 0.0101. The zero-order chi connectivity index (χ0) is 13.0. The molecule has 1 rings (SSSR count). The Morgan fingerprint density at radius 3 is 2.53 bits per heavy atom. The molecule has 0 radical (unpaired) electrons. The summed E-state index contributed by atoms with van der Waals surface area (Å²) in [6, 6.07) is 3.21. The molecule has 0 heterocycles. The molecule has 94 valence electrons. The highest BCUT2D eigenvalue weighted by atomic mass is 35.5. The smallest absolute Gasteiger partial charge is 0.140 e. The molecule has 3 nitrogen and oxygen atoms in total. The van der Waals surface area contributed by atoms with Crippen LogP contribution in [0.25, 0.3) is 0 Å². The SMILES string of the molecule is CC(C)Oc1cc(N=C(N)CCl)c(Cl)cc1Cl. The molecule has 0 atom stereocenters. The topological polar surface area (TPSA) is 47.6 Å². The molecule has 0 unspecified atom stereocenters. The van der Waals surface area contributed by atoms with Crippen LogP contribution in [-0.4, -0.2) is 17.8 Å². The van der Waals surface area contributed by atoms with E-state index in [0.717, 1.165) is 0 Å². The maximum absolute atomic E-state index is 6.00. The van der Waals surface area contributed by atoms with Crippen molar-refractivity contribution in [2.24, 2.45) is 10.7 Å². The molecule has 1 aromatic carbocycles. The second kappa shape index (κ2) is 6.34. The maximum Gasteiger partial charge on any atom is 0.140 e. The van der Waals surface area contributed by atoms with E-state index < -0.39 is 0 Å². The van der Waals surface area contributed by atoms with Crippen molar-refractivity contribution in [2.75, 3.05) is 5.88 Å². The van der Waals surface area contributed by atoms with Gasteiger partial charge in [-0.2, -0.15) is 0 Å². The molecule has 0 saturated heterocycles. The lowest BCUT2D eigenvalue weighted by Gasteiger charge is -2.12. The second-order valence-electron chi connectivity index (χ2n) is 3.64. The van der Waals surface area contributed by atoms with Gasteiger partial charge in [0.2, 0.25) is 0 Å². The summed E-state index contributed by atoms with van der Waals surface area (Å²) in [4.78, 5) is 4.08. The van der Waals surface area contributed by atoms with E-state index in [1.54, 1.807) is 12.1 Å². The van der Waals surface area contributed by atoms with Gasteiger partial charge in [0.1, 0.15) is 11.6 Å². The molecular weight excluding hydrogens is 282 g/mol. The third-order valence-corrected chi connectivity index (χ3v) is 2.64. The van der Waals surface area contributed by atoms with E-state index >= 15 is 0 Å². The van der Waals surface area contributed by atoms with Crippen molar-refractivity contribution < 1.29 is 4.74 Å². The number of halogens is 3. The predicted molar refractivity (Wildman–Crippen MR) is 74.2 cm³/mol. The molecule has 6 heteroatoms. The van der Waals surface area contributed by atoms with Crippen LogP contribution >= 0.6 is 34.8 Å². The van der Waals surface area contributed by atoms with Gasteiger partial charge in [0, 0.05) is 6.07 Å². The average Bonchev–Trinajstić information content (AvgIpc) is 2.24. The number of amidine groups is 1. The van der Waals surface area contributed by atoms with Crippen molar-refractivity contribution in [3.05, 3.63) is 22.2 Å². The van der Waals surface area contributed by atoms with Crippen molar-refractivity contribution in [1.82, 2.24) is 0 Å². The van der Waals surface area contributed by atoms with Crippen molar-refractivity contribution in [2.45, 2.75) is 20.0 Å². The van der Waals surface area contributed by atoms with Gasteiger partial charge >= 0.3 is 0 Å². The molecule has 17 heavy (non-hydrogen) atoms. The van der Waals surface area contributed by atoms with Gasteiger partial charge < -0.3 is 10.5 Å². The number of rotatable bonds is 4. The van der Waals surface area contributed by atoms with Gasteiger partial charge in [-0.3, -0.25) is 0 Å². The summed E-state index contributed by atoms with van der Waals surface area (Å²) in [5, 5.41) is 0.839.